The van der Waals surface area contributed by atoms with Crippen LogP contribution in [0.3, 0.4) is 0 Å². The van der Waals surface area contributed by atoms with Crippen LogP contribution >= 0.6 is 15.9 Å². The number of benzene rings is 1. The number of likely N-dealkylation sites (tertiary alicyclic amines) is 1. The highest BCUT2D eigenvalue weighted by atomic mass is 79.9. The van der Waals surface area contributed by atoms with Gasteiger partial charge in [-0.2, -0.15) is 0 Å². The highest BCUT2D eigenvalue weighted by Crippen LogP contribution is 2.40. The van der Waals surface area contributed by atoms with Crippen LogP contribution in [0.4, 0.5) is 19.3 Å². The predicted octanol–water partition coefficient (Wildman–Crippen LogP) is 4.78. The maximum atomic E-state index is 14.0. The van der Waals surface area contributed by atoms with Crippen molar-refractivity contribution in [2.45, 2.75) is 45.3 Å². The van der Waals surface area contributed by atoms with Crippen LogP contribution in [-0.4, -0.2) is 35.7 Å². The number of nitrogens with zero attached hydrogens (tertiary/aromatic N) is 1. The van der Waals surface area contributed by atoms with Crippen molar-refractivity contribution in [3.05, 3.63) is 28.2 Å². The van der Waals surface area contributed by atoms with Crippen molar-refractivity contribution in [3.63, 3.8) is 0 Å². The molecule has 1 saturated heterocycles. The van der Waals surface area contributed by atoms with E-state index < -0.39 is 17.2 Å². The van der Waals surface area contributed by atoms with Gasteiger partial charge < -0.3 is 15.0 Å². The number of rotatable bonds is 2. The number of carbonyl (C=O) groups is 1. The van der Waals surface area contributed by atoms with Crippen LogP contribution < -0.4 is 5.32 Å². The van der Waals surface area contributed by atoms with E-state index in [-0.39, 0.29) is 22.3 Å². The topological polar surface area (TPSA) is 41.6 Å². The zero-order chi connectivity index (χ0) is 18.4. The van der Waals surface area contributed by atoms with Gasteiger partial charge in [-0.25, -0.2) is 13.6 Å². The van der Waals surface area contributed by atoms with E-state index in [0.29, 0.717) is 24.9 Å². The molecule has 1 amide bonds. The Kier molecular flexibility index (Phi) is 4.97. The fourth-order valence-corrected chi connectivity index (χ4v) is 4.06. The first-order chi connectivity index (χ1) is 11.6. The van der Waals surface area contributed by atoms with Crippen molar-refractivity contribution in [2.75, 3.05) is 18.4 Å². The smallest absolute Gasteiger partial charge is 0.410 e. The number of fused-ring (bicyclic) bond motifs is 1. The van der Waals surface area contributed by atoms with Gasteiger partial charge in [0.25, 0.3) is 0 Å². The fraction of sp³-hybridized carbons (Fsp3) is 0.611. The number of ether oxygens (including phenoxy) is 1. The summed E-state index contributed by atoms with van der Waals surface area (Å²) >= 11 is 2.98. The molecule has 2 aliphatic rings. The normalized spacial score (nSPS) is 25.8. The summed E-state index contributed by atoms with van der Waals surface area (Å²) in [5, 5.41) is 3.12. The van der Waals surface area contributed by atoms with E-state index in [1.807, 2.05) is 20.8 Å². The van der Waals surface area contributed by atoms with Crippen LogP contribution in [0.15, 0.2) is 16.6 Å². The van der Waals surface area contributed by atoms with E-state index in [2.05, 4.69) is 21.2 Å². The number of halogens is 3. The molecule has 1 aliphatic heterocycles. The first-order valence-electron chi connectivity index (χ1n) is 8.52. The molecule has 0 aromatic heterocycles. The van der Waals surface area contributed by atoms with E-state index >= 15 is 0 Å². The van der Waals surface area contributed by atoms with E-state index in [4.69, 9.17) is 4.74 Å². The summed E-state index contributed by atoms with van der Waals surface area (Å²) in [4.78, 5) is 13.9. The van der Waals surface area contributed by atoms with Crippen LogP contribution in [-0.2, 0) is 4.74 Å². The van der Waals surface area contributed by atoms with Gasteiger partial charge in [0.15, 0.2) is 11.6 Å². The molecule has 3 atom stereocenters. The number of nitrogens with one attached hydrogen (secondary N) is 1. The molecule has 1 unspecified atom stereocenters. The van der Waals surface area contributed by atoms with Crippen molar-refractivity contribution in [1.82, 2.24) is 4.90 Å². The first kappa shape index (κ1) is 18.4. The van der Waals surface area contributed by atoms with E-state index in [1.165, 1.54) is 6.07 Å². The third kappa shape index (κ3) is 4.07. The van der Waals surface area contributed by atoms with Gasteiger partial charge in [0.05, 0.1) is 10.2 Å². The zero-order valence-electron chi connectivity index (χ0n) is 14.6. The second kappa shape index (κ2) is 6.74. The summed E-state index contributed by atoms with van der Waals surface area (Å²) in [5.41, 5.74) is -0.308. The quantitative estimate of drug-likeness (QED) is 0.704. The molecule has 2 fully saturated rings. The summed E-state index contributed by atoms with van der Waals surface area (Å²) in [6.45, 7) is 6.89. The lowest BCUT2D eigenvalue weighted by Gasteiger charge is -2.25. The van der Waals surface area contributed by atoms with Crippen molar-refractivity contribution < 1.29 is 18.3 Å². The number of anilines is 1. The van der Waals surface area contributed by atoms with Crippen molar-refractivity contribution in [1.29, 1.82) is 0 Å². The monoisotopic (exact) mass is 416 g/mol. The van der Waals surface area contributed by atoms with Crippen LogP contribution in [0, 0.1) is 23.5 Å². The zero-order valence-corrected chi connectivity index (χ0v) is 16.2. The molecule has 1 N–H and O–H groups in total. The predicted molar refractivity (Wildman–Crippen MR) is 95.5 cm³/mol. The minimum absolute atomic E-state index is 0.0888. The van der Waals surface area contributed by atoms with Crippen LogP contribution in [0.1, 0.15) is 33.6 Å². The first-order valence-corrected chi connectivity index (χ1v) is 9.31. The average Bonchev–Trinajstić information content (AvgIpc) is 3.04. The Bertz CT molecular complexity index is 664. The molecule has 3 rings (SSSR count). The summed E-state index contributed by atoms with van der Waals surface area (Å²) in [6.07, 6.45) is 1.40. The molecule has 1 aromatic rings. The molecule has 7 heteroatoms. The lowest BCUT2D eigenvalue weighted by Crippen LogP contribution is -2.36. The Morgan fingerprint density at radius 2 is 1.80 bits per heavy atom. The maximum Gasteiger partial charge on any atom is 0.410 e. The summed E-state index contributed by atoms with van der Waals surface area (Å²) in [7, 11) is 0. The van der Waals surface area contributed by atoms with Crippen molar-refractivity contribution >= 4 is 27.7 Å². The van der Waals surface area contributed by atoms with E-state index in [1.54, 1.807) is 11.0 Å². The van der Waals surface area contributed by atoms with Crippen molar-refractivity contribution in [3.8, 4) is 0 Å². The van der Waals surface area contributed by atoms with Gasteiger partial charge in [-0.1, -0.05) is 0 Å². The van der Waals surface area contributed by atoms with Crippen molar-refractivity contribution in [2.24, 2.45) is 11.8 Å². The third-order valence-electron chi connectivity index (χ3n) is 4.80. The van der Waals surface area contributed by atoms with Gasteiger partial charge in [0.2, 0.25) is 0 Å². The number of hydrogen-bond acceptors (Lipinski definition) is 3. The lowest BCUT2D eigenvalue weighted by molar-refractivity contribution is 0.0280. The van der Waals surface area contributed by atoms with Gasteiger partial charge in [-0.3, -0.25) is 0 Å². The molecule has 1 saturated carbocycles. The summed E-state index contributed by atoms with van der Waals surface area (Å²) in [6, 6.07) is 3.13. The van der Waals surface area contributed by atoms with Crippen LogP contribution in [0.25, 0.3) is 0 Å². The molecular weight excluding hydrogens is 394 g/mol. The van der Waals surface area contributed by atoms with Crippen LogP contribution in [0.5, 0.6) is 0 Å². The summed E-state index contributed by atoms with van der Waals surface area (Å²) < 4.78 is 33.2. The van der Waals surface area contributed by atoms with Gasteiger partial charge >= 0.3 is 6.09 Å². The van der Waals surface area contributed by atoms with E-state index in [9.17, 15) is 13.6 Å². The largest absolute Gasteiger partial charge is 0.444 e. The highest BCUT2D eigenvalue weighted by molar-refractivity contribution is 9.10. The molecule has 1 heterocycles. The number of hydrogen-bond donors (Lipinski definition) is 1. The second-order valence-electron chi connectivity index (χ2n) is 7.94. The van der Waals surface area contributed by atoms with E-state index in [0.717, 1.165) is 12.8 Å². The van der Waals surface area contributed by atoms with Gasteiger partial charge in [-0.05, 0) is 73.5 Å². The molecule has 4 nitrogen and oxygen atoms in total. The molecule has 0 spiro atoms. The molecule has 138 valence electrons. The Labute approximate surface area is 155 Å². The maximum absolute atomic E-state index is 14.0. The Balaban J connectivity index is 1.57. The molecule has 0 radical (unpaired) electrons. The van der Waals surface area contributed by atoms with Crippen LogP contribution in [0.2, 0.25) is 0 Å². The Morgan fingerprint density at radius 1 is 1.20 bits per heavy atom. The molecular formula is C18H23BrF2N2O2. The Morgan fingerprint density at radius 3 is 2.36 bits per heavy atom. The number of carbonyl (C=O) groups excluding carboxylic acids is 1. The SMILES string of the molecule is CC(C)(C)OC(=O)N1CC2C[C@H](Nc3ccc(Br)c(F)c3F)C[C@@H]2C1. The van der Waals surface area contributed by atoms with Gasteiger partial charge in [0.1, 0.15) is 5.60 Å². The summed E-state index contributed by atoms with van der Waals surface area (Å²) in [5.74, 6) is -0.997. The standard InChI is InChI=1S/C18H23BrF2N2O2/c1-18(2,3)25-17(24)23-8-10-6-12(7-11(10)9-23)22-14-5-4-13(19)15(20)16(14)21/h4-5,10-12,22H,6-9H2,1-3H3/t10-,11?,12-/m1/s1. The molecule has 0 bridgehead atoms. The Hall–Kier alpha value is -1.37. The molecule has 1 aromatic carbocycles. The fourth-order valence-electron chi connectivity index (χ4n) is 3.75. The minimum Gasteiger partial charge on any atom is -0.444 e. The third-order valence-corrected chi connectivity index (χ3v) is 5.41. The lowest BCUT2D eigenvalue weighted by atomic mass is 10.0. The van der Waals surface area contributed by atoms with Gasteiger partial charge in [0, 0.05) is 19.1 Å². The molecule has 25 heavy (non-hydrogen) atoms. The second-order valence-corrected chi connectivity index (χ2v) is 8.80. The molecule has 1 aliphatic carbocycles. The average molecular weight is 417 g/mol. The minimum atomic E-state index is -0.876. The highest BCUT2D eigenvalue weighted by Gasteiger charge is 2.43. The van der Waals surface area contributed by atoms with Gasteiger partial charge in [-0.15, -0.1) is 0 Å². The number of amides is 1.